The summed E-state index contributed by atoms with van der Waals surface area (Å²) in [6.45, 7) is 7.57. The van der Waals surface area contributed by atoms with Crippen molar-refractivity contribution in [2.75, 3.05) is 19.8 Å². The fourth-order valence-corrected chi connectivity index (χ4v) is 3.42. The van der Waals surface area contributed by atoms with Crippen molar-refractivity contribution in [1.82, 2.24) is 5.32 Å². The molecule has 2 saturated carbocycles. The molecule has 2 fully saturated rings. The first-order valence-corrected chi connectivity index (χ1v) is 9.90. The lowest BCUT2D eigenvalue weighted by Crippen LogP contribution is -2.40. The van der Waals surface area contributed by atoms with Crippen LogP contribution in [0, 0.1) is 0 Å². The fourth-order valence-electron chi connectivity index (χ4n) is 3.42. The van der Waals surface area contributed by atoms with E-state index in [4.69, 9.17) is 14.0 Å². The summed E-state index contributed by atoms with van der Waals surface area (Å²) in [7, 11) is -0.472. The highest BCUT2D eigenvalue weighted by Gasteiger charge is 2.19. The van der Waals surface area contributed by atoms with E-state index >= 15 is 0 Å². The molecule has 0 radical (unpaired) electrons. The van der Waals surface area contributed by atoms with Gasteiger partial charge in [0.05, 0.1) is 0 Å². The van der Waals surface area contributed by atoms with Gasteiger partial charge in [-0.3, -0.25) is 0 Å². The van der Waals surface area contributed by atoms with Crippen molar-refractivity contribution in [3.8, 4) is 0 Å². The molecular weight excluding hydrogens is 289 g/mol. The molecule has 0 saturated heterocycles. The molecule has 136 valence electrons. The van der Waals surface area contributed by atoms with Crippen molar-refractivity contribution >= 4 is 7.32 Å². The summed E-state index contributed by atoms with van der Waals surface area (Å²) in [6.07, 6.45) is 14.6. The average molecular weight is 327 g/mol. The lowest BCUT2D eigenvalue weighted by molar-refractivity contribution is 0.107. The number of hydrogen-bond acceptors (Lipinski definition) is 4. The summed E-state index contributed by atoms with van der Waals surface area (Å²) in [6, 6.07) is 1.74. The lowest BCUT2D eigenvalue weighted by atomic mass is 9.91. The third kappa shape index (κ3) is 10.4. The third-order valence-electron chi connectivity index (χ3n) is 4.59. The lowest BCUT2D eigenvalue weighted by Gasteiger charge is -2.30. The first-order valence-electron chi connectivity index (χ1n) is 9.90. The summed E-state index contributed by atoms with van der Waals surface area (Å²) < 4.78 is 15.2. The molecule has 0 spiro atoms. The Morgan fingerprint density at radius 1 is 0.652 bits per heavy atom. The van der Waals surface area contributed by atoms with Crippen LogP contribution in [0.1, 0.15) is 85.0 Å². The van der Waals surface area contributed by atoms with E-state index < -0.39 is 7.32 Å². The summed E-state index contributed by atoms with van der Waals surface area (Å²) in [5.41, 5.74) is 0. The van der Waals surface area contributed by atoms with Crippen LogP contribution in [-0.2, 0) is 14.0 Å². The number of hydrogen-bond donors (Lipinski definition) is 1. The second-order valence-electron chi connectivity index (χ2n) is 6.49. The molecule has 0 atom stereocenters. The van der Waals surface area contributed by atoms with E-state index in [2.05, 4.69) is 5.32 Å². The van der Waals surface area contributed by atoms with Gasteiger partial charge in [-0.05, 0) is 46.5 Å². The standard InChI is InChI=1S/C12H23N.C6H15BO3/c1-3-7-11(8-4-1)13-12-9-5-2-6-10-12;1-4-8-7(9-5-2)10-6-3/h11-13H,1-10H2;4-6H2,1-3H3. The molecule has 0 aromatic carbocycles. The summed E-state index contributed by atoms with van der Waals surface area (Å²) in [5, 5.41) is 3.86. The van der Waals surface area contributed by atoms with Gasteiger partial charge < -0.3 is 19.3 Å². The number of rotatable bonds is 8. The minimum atomic E-state index is -0.472. The molecule has 0 heterocycles. The van der Waals surface area contributed by atoms with Gasteiger partial charge in [-0.2, -0.15) is 0 Å². The van der Waals surface area contributed by atoms with Gasteiger partial charge in [-0.25, -0.2) is 0 Å². The molecule has 4 nitrogen and oxygen atoms in total. The van der Waals surface area contributed by atoms with Crippen LogP contribution in [0.3, 0.4) is 0 Å². The normalized spacial score (nSPS) is 20.0. The molecule has 1 N–H and O–H groups in total. The maximum absolute atomic E-state index is 5.08. The van der Waals surface area contributed by atoms with Crippen LogP contribution in [0.4, 0.5) is 0 Å². The molecule has 2 rings (SSSR count). The second-order valence-corrected chi connectivity index (χ2v) is 6.49. The van der Waals surface area contributed by atoms with E-state index in [1.54, 1.807) is 0 Å². The van der Waals surface area contributed by atoms with Gasteiger partial charge in [0, 0.05) is 31.9 Å². The van der Waals surface area contributed by atoms with Crippen molar-refractivity contribution in [3.63, 3.8) is 0 Å². The van der Waals surface area contributed by atoms with Crippen molar-refractivity contribution in [3.05, 3.63) is 0 Å². The Hall–Kier alpha value is -0.0951. The molecule has 0 aliphatic heterocycles. The van der Waals surface area contributed by atoms with E-state index in [-0.39, 0.29) is 0 Å². The molecular formula is C18H38BNO3. The largest absolute Gasteiger partial charge is 0.639 e. The predicted molar refractivity (Wildman–Crippen MR) is 97.5 cm³/mol. The summed E-state index contributed by atoms with van der Waals surface area (Å²) >= 11 is 0. The van der Waals surface area contributed by atoms with Crippen LogP contribution in [0.2, 0.25) is 0 Å². The minimum Gasteiger partial charge on any atom is -0.386 e. The quantitative estimate of drug-likeness (QED) is 0.674. The molecule has 0 aromatic rings. The van der Waals surface area contributed by atoms with Crippen LogP contribution in [0.15, 0.2) is 0 Å². The van der Waals surface area contributed by atoms with Gasteiger partial charge in [-0.15, -0.1) is 0 Å². The van der Waals surface area contributed by atoms with E-state index in [1.165, 1.54) is 64.2 Å². The topological polar surface area (TPSA) is 39.7 Å². The number of nitrogens with one attached hydrogen (secondary N) is 1. The highest BCUT2D eigenvalue weighted by atomic mass is 16.7. The summed E-state index contributed by atoms with van der Waals surface area (Å²) in [5.74, 6) is 0. The van der Waals surface area contributed by atoms with Crippen LogP contribution in [0.25, 0.3) is 0 Å². The SMILES string of the molecule is C1CCC(NC2CCCCC2)CC1.CCOB(OCC)OCC. The Balaban J connectivity index is 0.000000241. The van der Waals surface area contributed by atoms with Crippen LogP contribution in [0.5, 0.6) is 0 Å². The van der Waals surface area contributed by atoms with Gasteiger partial charge in [-0.1, -0.05) is 38.5 Å². The Kier molecular flexibility index (Phi) is 13.0. The van der Waals surface area contributed by atoms with Gasteiger partial charge in [0.25, 0.3) is 0 Å². The van der Waals surface area contributed by atoms with Crippen molar-refractivity contribution < 1.29 is 14.0 Å². The third-order valence-corrected chi connectivity index (χ3v) is 4.59. The van der Waals surface area contributed by atoms with Gasteiger partial charge in [0.1, 0.15) is 0 Å². The van der Waals surface area contributed by atoms with E-state index in [0.717, 1.165) is 12.1 Å². The van der Waals surface area contributed by atoms with Crippen LogP contribution in [-0.4, -0.2) is 39.2 Å². The van der Waals surface area contributed by atoms with Gasteiger partial charge in [0.2, 0.25) is 0 Å². The molecule has 2 aliphatic rings. The van der Waals surface area contributed by atoms with Crippen LogP contribution >= 0.6 is 0 Å². The van der Waals surface area contributed by atoms with E-state index in [9.17, 15) is 0 Å². The maximum atomic E-state index is 5.08. The molecule has 5 heteroatoms. The van der Waals surface area contributed by atoms with E-state index in [0.29, 0.717) is 19.8 Å². The van der Waals surface area contributed by atoms with Crippen LogP contribution < -0.4 is 5.32 Å². The zero-order chi connectivity index (χ0) is 16.8. The maximum Gasteiger partial charge on any atom is 0.639 e. The van der Waals surface area contributed by atoms with Gasteiger partial charge in [0.15, 0.2) is 0 Å². The molecule has 0 unspecified atom stereocenters. The zero-order valence-electron chi connectivity index (χ0n) is 15.6. The molecule has 23 heavy (non-hydrogen) atoms. The predicted octanol–water partition coefficient (Wildman–Crippen LogP) is 4.32. The average Bonchev–Trinajstić information content (AvgIpc) is 2.58. The fraction of sp³-hybridized carbons (Fsp3) is 1.00. The van der Waals surface area contributed by atoms with Gasteiger partial charge >= 0.3 is 7.32 Å². The molecule has 0 aromatic heterocycles. The first-order chi connectivity index (χ1) is 11.3. The van der Waals surface area contributed by atoms with E-state index in [1.807, 2.05) is 20.8 Å². The first kappa shape index (κ1) is 20.9. The van der Waals surface area contributed by atoms with Crippen molar-refractivity contribution in [1.29, 1.82) is 0 Å². The second kappa shape index (κ2) is 14.3. The van der Waals surface area contributed by atoms with Crippen molar-refractivity contribution in [2.24, 2.45) is 0 Å². The smallest absolute Gasteiger partial charge is 0.386 e. The summed E-state index contributed by atoms with van der Waals surface area (Å²) in [4.78, 5) is 0. The Morgan fingerprint density at radius 3 is 1.30 bits per heavy atom. The monoisotopic (exact) mass is 327 g/mol. The minimum absolute atomic E-state index is 0.472. The molecule has 0 bridgehead atoms. The molecule has 0 amide bonds. The Labute approximate surface area is 144 Å². The highest BCUT2D eigenvalue weighted by Crippen LogP contribution is 2.22. The highest BCUT2D eigenvalue weighted by molar-refractivity contribution is 6.36. The Bertz CT molecular complexity index is 226. The molecule has 2 aliphatic carbocycles. The zero-order valence-corrected chi connectivity index (χ0v) is 15.6. The Morgan fingerprint density at radius 2 is 1.00 bits per heavy atom. The van der Waals surface area contributed by atoms with Crippen molar-refractivity contribution in [2.45, 2.75) is 97.1 Å².